The quantitative estimate of drug-likeness (QED) is 0.524. The van der Waals surface area contributed by atoms with Gasteiger partial charge in [-0.3, -0.25) is 19.4 Å². The van der Waals surface area contributed by atoms with Gasteiger partial charge in [0.2, 0.25) is 11.8 Å². The van der Waals surface area contributed by atoms with Gasteiger partial charge < -0.3 is 5.32 Å². The van der Waals surface area contributed by atoms with Gasteiger partial charge in [0, 0.05) is 6.04 Å². The van der Waals surface area contributed by atoms with Gasteiger partial charge in [0.15, 0.2) is 0 Å². The number of nitrogens with one attached hydrogen (secondary N) is 1. The maximum Gasteiger partial charge on any atom is 0.247 e. The largest absolute Gasteiger partial charge is 0.320 e. The average Bonchev–Trinajstić information content (AvgIpc) is 2.68. The molecular formula is C14H27N3O2. The van der Waals surface area contributed by atoms with Crippen LogP contribution in [0.1, 0.15) is 39.5 Å². The number of likely N-dealkylation sites (N-methyl/N-ethyl adjacent to an activating group) is 1. The number of rotatable bonds is 8. The van der Waals surface area contributed by atoms with E-state index in [0.717, 1.165) is 32.4 Å². The zero-order chi connectivity index (χ0) is 14.4. The van der Waals surface area contributed by atoms with Gasteiger partial charge in [-0.1, -0.05) is 13.8 Å². The van der Waals surface area contributed by atoms with Crippen LogP contribution in [0.15, 0.2) is 0 Å². The van der Waals surface area contributed by atoms with Crippen molar-refractivity contribution < 1.29 is 9.59 Å². The first-order valence-electron chi connectivity index (χ1n) is 7.27. The predicted octanol–water partition coefficient (Wildman–Crippen LogP) is 0.844. The molecule has 0 aliphatic carbocycles. The van der Waals surface area contributed by atoms with Crippen LogP contribution in [-0.4, -0.2) is 60.9 Å². The van der Waals surface area contributed by atoms with Crippen molar-refractivity contribution in [3.8, 4) is 0 Å². The highest BCUT2D eigenvalue weighted by Gasteiger charge is 2.42. The molecule has 1 unspecified atom stereocenters. The Morgan fingerprint density at radius 2 is 2.00 bits per heavy atom. The summed E-state index contributed by atoms with van der Waals surface area (Å²) in [5.74, 6) is -0.0187. The Morgan fingerprint density at radius 3 is 2.53 bits per heavy atom. The monoisotopic (exact) mass is 269 g/mol. The Hall–Kier alpha value is -0.940. The molecule has 0 aromatic rings. The molecule has 1 atom stereocenters. The highest BCUT2D eigenvalue weighted by atomic mass is 16.2. The zero-order valence-corrected chi connectivity index (χ0v) is 12.6. The maximum atomic E-state index is 12.4. The molecule has 0 saturated carbocycles. The maximum absolute atomic E-state index is 12.4. The number of imide groups is 1. The van der Waals surface area contributed by atoms with E-state index in [1.54, 1.807) is 0 Å². The van der Waals surface area contributed by atoms with Gasteiger partial charge in [0.25, 0.3) is 0 Å². The van der Waals surface area contributed by atoms with Crippen LogP contribution in [0.2, 0.25) is 0 Å². The molecule has 0 aromatic carbocycles. The Bertz CT molecular complexity index is 316. The van der Waals surface area contributed by atoms with E-state index in [4.69, 9.17) is 0 Å². The van der Waals surface area contributed by atoms with E-state index >= 15 is 0 Å². The number of hydrogen-bond acceptors (Lipinski definition) is 4. The van der Waals surface area contributed by atoms with Gasteiger partial charge in [0.05, 0.1) is 12.5 Å². The Kier molecular flexibility index (Phi) is 6.45. The minimum atomic E-state index is -0.259. The van der Waals surface area contributed by atoms with Crippen LogP contribution in [0.4, 0.5) is 0 Å². The summed E-state index contributed by atoms with van der Waals surface area (Å²) in [6.45, 7) is 5.81. The molecule has 1 aliphatic heterocycles. The fourth-order valence-electron chi connectivity index (χ4n) is 2.68. The van der Waals surface area contributed by atoms with Crippen molar-refractivity contribution in [3.05, 3.63) is 0 Å². The summed E-state index contributed by atoms with van der Waals surface area (Å²) in [5, 5.41) is 3.09. The first-order valence-corrected chi connectivity index (χ1v) is 7.27. The topological polar surface area (TPSA) is 52.7 Å². The van der Waals surface area contributed by atoms with Gasteiger partial charge in [-0.05, 0) is 46.4 Å². The lowest BCUT2D eigenvalue weighted by molar-refractivity contribution is -0.142. The second-order valence-corrected chi connectivity index (χ2v) is 5.23. The van der Waals surface area contributed by atoms with E-state index < -0.39 is 0 Å². The Balaban J connectivity index is 2.64. The second kappa shape index (κ2) is 7.60. The van der Waals surface area contributed by atoms with E-state index in [2.05, 4.69) is 5.32 Å². The molecule has 1 heterocycles. The van der Waals surface area contributed by atoms with Crippen LogP contribution >= 0.6 is 0 Å². The molecule has 1 fully saturated rings. The molecule has 0 spiro atoms. The van der Waals surface area contributed by atoms with Crippen molar-refractivity contribution in [2.75, 3.05) is 27.2 Å². The summed E-state index contributed by atoms with van der Waals surface area (Å²) >= 11 is 0. The number of carbonyl (C=O) groups is 2. The molecule has 5 nitrogen and oxygen atoms in total. The van der Waals surface area contributed by atoms with Crippen molar-refractivity contribution in [1.82, 2.24) is 15.1 Å². The second-order valence-electron chi connectivity index (χ2n) is 5.23. The summed E-state index contributed by atoms with van der Waals surface area (Å²) in [4.78, 5) is 28.0. The summed E-state index contributed by atoms with van der Waals surface area (Å²) in [7, 11) is 3.85. The van der Waals surface area contributed by atoms with E-state index in [-0.39, 0.29) is 23.9 Å². The number of nitrogens with zero attached hydrogens (tertiary/aromatic N) is 2. The molecule has 0 aromatic heterocycles. The van der Waals surface area contributed by atoms with E-state index in [0.29, 0.717) is 6.42 Å². The van der Waals surface area contributed by atoms with Crippen molar-refractivity contribution in [1.29, 1.82) is 0 Å². The minimum absolute atomic E-state index is 0.00865. The normalized spacial score (nSPS) is 20.1. The van der Waals surface area contributed by atoms with E-state index in [1.807, 2.05) is 32.8 Å². The molecule has 1 aliphatic rings. The molecule has 5 heteroatoms. The molecule has 0 bridgehead atoms. The summed E-state index contributed by atoms with van der Waals surface area (Å²) in [6, 6.07) is -0.194. The van der Waals surface area contributed by atoms with Gasteiger partial charge >= 0.3 is 0 Å². The number of hydrogen-bond donors (Lipinski definition) is 1. The summed E-state index contributed by atoms with van der Waals surface area (Å²) < 4.78 is 0. The molecule has 2 amide bonds. The minimum Gasteiger partial charge on any atom is -0.320 e. The molecule has 110 valence electrons. The van der Waals surface area contributed by atoms with Crippen LogP contribution in [-0.2, 0) is 9.59 Å². The average molecular weight is 269 g/mol. The highest BCUT2D eigenvalue weighted by molar-refractivity contribution is 6.05. The lowest BCUT2D eigenvalue weighted by Gasteiger charge is -2.26. The summed E-state index contributed by atoms with van der Waals surface area (Å²) in [5.41, 5.74) is 0. The van der Waals surface area contributed by atoms with Crippen LogP contribution < -0.4 is 5.32 Å². The Morgan fingerprint density at radius 1 is 1.37 bits per heavy atom. The molecule has 19 heavy (non-hydrogen) atoms. The van der Waals surface area contributed by atoms with Gasteiger partial charge in [-0.2, -0.15) is 0 Å². The third-order valence-electron chi connectivity index (χ3n) is 3.94. The SMILES string of the molecule is CCC(CC)N1C(=O)CC(N(C)CCCNC)C1=O. The Labute approximate surface area is 116 Å². The van der Waals surface area contributed by atoms with Crippen LogP contribution in [0.25, 0.3) is 0 Å². The van der Waals surface area contributed by atoms with Crippen molar-refractivity contribution >= 4 is 11.8 Å². The smallest absolute Gasteiger partial charge is 0.247 e. The van der Waals surface area contributed by atoms with E-state index in [1.165, 1.54) is 4.90 Å². The predicted molar refractivity (Wildman–Crippen MR) is 75.8 cm³/mol. The van der Waals surface area contributed by atoms with Crippen molar-refractivity contribution in [3.63, 3.8) is 0 Å². The van der Waals surface area contributed by atoms with E-state index in [9.17, 15) is 9.59 Å². The number of carbonyl (C=O) groups excluding carboxylic acids is 2. The fourth-order valence-corrected chi connectivity index (χ4v) is 2.68. The standard InChI is InChI=1S/C14H27N3O2/c1-5-11(6-2)17-13(18)10-12(14(17)19)16(4)9-7-8-15-3/h11-12,15H,5-10H2,1-4H3. The molecule has 1 saturated heterocycles. The summed E-state index contributed by atoms with van der Waals surface area (Å²) in [6.07, 6.45) is 3.00. The fraction of sp³-hybridized carbons (Fsp3) is 0.857. The molecule has 1 N–H and O–H groups in total. The number of likely N-dealkylation sites (tertiary alicyclic amines) is 1. The lowest BCUT2D eigenvalue weighted by atomic mass is 10.1. The third-order valence-corrected chi connectivity index (χ3v) is 3.94. The van der Waals surface area contributed by atoms with Crippen LogP contribution in [0.5, 0.6) is 0 Å². The van der Waals surface area contributed by atoms with Crippen LogP contribution in [0.3, 0.4) is 0 Å². The first-order chi connectivity index (χ1) is 9.06. The van der Waals surface area contributed by atoms with Crippen LogP contribution in [0, 0.1) is 0 Å². The molecule has 1 rings (SSSR count). The first kappa shape index (κ1) is 16.1. The lowest BCUT2D eigenvalue weighted by Crippen LogP contribution is -2.44. The third kappa shape index (κ3) is 3.76. The highest BCUT2D eigenvalue weighted by Crippen LogP contribution is 2.23. The van der Waals surface area contributed by atoms with Crippen molar-refractivity contribution in [2.45, 2.75) is 51.6 Å². The van der Waals surface area contributed by atoms with Gasteiger partial charge in [0.1, 0.15) is 0 Å². The van der Waals surface area contributed by atoms with Crippen molar-refractivity contribution in [2.24, 2.45) is 0 Å². The van der Waals surface area contributed by atoms with Gasteiger partial charge in [-0.15, -0.1) is 0 Å². The molecule has 0 radical (unpaired) electrons. The zero-order valence-electron chi connectivity index (χ0n) is 12.6. The number of amides is 2. The molecular weight excluding hydrogens is 242 g/mol. The van der Waals surface area contributed by atoms with Gasteiger partial charge in [-0.25, -0.2) is 0 Å².